The quantitative estimate of drug-likeness (QED) is 0.516. The third-order valence-corrected chi connectivity index (χ3v) is 4.81. The van der Waals surface area contributed by atoms with E-state index in [0.29, 0.717) is 0 Å². The molecule has 140 valence electrons. The number of nitrogens with zero attached hydrogens (tertiary/aromatic N) is 3. The molecule has 0 radical (unpaired) electrons. The molecule has 0 amide bonds. The molecule has 1 fully saturated rings. The Morgan fingerprint density at radius 2 is 1.81 bits per heavy atom. The molecular weight excluding hydrogens is 338 g/mol. The van der Waals surface area contributed by atoms with E-state index in [-0.39, 0.29) is 6.17 Å². The maximum atomic E-state index is 4.72. The molecule has 7 nitrogen and oxygen atoms in total. The van der Waals surface area contributed by atoms with Crippen molar-refractivity contribution in [2.75, 3.05) is 0 Å². The van der Waals surface area contributed by atoms with Crippen LogP contribution in [0.5, 0.6) is 0 Å². The first-order chi connectivity index (χ1) is 13.3. The van der Waals surface area contributed by atoms with Gasteiger partial charge in [0, 0.05) is 18.3 Å². The zero-order chi connectivity index (χ0) is 18.5. The minimum absolute atomic E-state index is 0.215. The van der Waals surface area contributed by atoms with E-state index in [2.05, 4.69) is 57.7 Å². The molecule has 3 heterocycles. The summed E-state index contributed by atoms with van der Waals surface area (Å²) >= 11 is 0. The summed E-state index contributed by atoms with van der Waals surface area (Å²) in [6.45, 7) is 3.03. The number of rotatable bonds is 7. The average Bonchev–Trinajstić information content (AvgIpc) is 3.39. The highest BCUT2D eigenvalue weighted by molar-refractivity contribution is 5.76. The van der Waals surface area contributed by atoms with Crippen LogP contribution in [0.3, 0.4) is 0 Å². The summed E-state index contributed by atoms with van der Waals surface area (Å²) in [6, 6.07) is 14.6. The number of aryl methyl sites for hydroxylation is 2. The fourth-order valence-corrected chi connectivity index (χ4v) is 3.29. The first-order valence-corrected chi connectivity index (χ1v) is 9.42. The minimum Gasteiger partial charge on any atom is -0.329 e. The molecule has 4 N–H and O–H groups in total. The Morgan fingerprint density at radius 3 is 2.52 bits per heavy atom. The highest BCUT2D eigenvalue weighted by atomic mass is 15.8. The SMILES string of the molecule is CCc1ccc(-c2c(-c3ccccc3)ncn2CCCC2NNNN2)nc1. The van der Waals surface area contributed by atoms with Crippen molar-refractivity contribution >= 4 is 0 Å². The van der Waals surface area contributed by atoms with Gasteiger partial charge in [0.15, 0.2) is 0 Å². The van der Waals surface area contributed by atoms with E-state index in [1.165, 1.54) is 5.56 Å². The second-order valence-corrected chi connectivity index (χ2v) is 6.64. The molecule has 2 aromatic heterocycles. The fraction of sp³-hybridized carbons (Fsp3) is 0.300. The van der Waals surface area contributed by atoms with E-state index in [9.17, 15) is 0 Å². The highest BCUT2D eigenvalue weighted by Gasteiger charge is 2.17. The number of hydrazine groups is 3. The van der Waals surface area contributed by atoms with Crippen molar-refractivity contribution in [2.45, 2.75) is 38.9 Å². The smallest absolute Gasteiger partial charge is 0.0979 e. The second kappa shape index (κ2) is 8.41. The lowest BCUT2D eigenvalue weighted by molar-refractivity contribution is 0.453. The molecular formula is C20H25N7. The van der Waals surface area contributed by atoms with Gasteiger partial charge in [0.2, 0.25) is 0 Å². The normalized spacial score (nSPS) is 14.7. The number of benzene rings is 1. The van der Waals surface area contributed by atoms with Crippen molar-refractivity contribution in [3.63, 3.8) is 0 Å². The van der Waals surface area contributed by atoms with Crippen LogP contribution in [0.15, 0.2) is 55.0 Å². The number of hydrogen-bond acceptors (Lipinski definition) is 6. The van der Waals surface area contributed by atoms with Gasteiger partial charge < -0.3 is 4.57 Å². The van der Waals surface area contributed by atoms with Crippen LogP contribution < -0.4 is 21.9 Å². The van der Waals surface area contributed by atoms with Gasteiger partial charge in [0.05, 0.1) is 29.6 Å². The number of nitrogens with one attached hydrogen (secondary N) is 4. The largest absolute Gasteiger partial charge is 0.329 e. The van der Waals surface area contributed by atoms with Crippen LogP contribution in [-0.2, 0) is 13.0 Å². The Balaban J connectivity index is 1.62. The van der Waals surface area contributed by atoms with Crippen LogP contribution in [0.2, 0.25) is 0 Å². The van der Waals surface area contributed by atoms with Crippen molar-refractivity contribution in [3.8, 4) is 22.6 Å². The minimum atomic E-state index is 0.215. The summed E-state index contributed by atoms with van der Waals surface area (Å²) in [6.07, 6.45) is 7.10. The first kappa shape index (κ1) is 17.8. The van der Waals surface area contributed by atoms with E-state index in [1.807, 2.05) is 30.7 Å². The van der Waals surface area contributed by atoms with E-state index >= 15 is 0 Å². The van der Waals surface area contributed by atoms with E-state index in [0.717, 1.165) is 48.5 Å². The van der Waals surface area contributed by atoms with Crippen LogP contribution in [0.1, 0.15) is 25.3 Å². The van der Waals surface area contributed by atoms with Crippen molar-refractivity contribution in [2.24, 2.45) is 0 Å². The van der Waals surface area contributed by atoms with Gasteiger partial charge in [-0.2, -0.15) is 11.1 Å². The van der Waals surface area contributed by atoms with Crippen LogP contribution in [0, 0.1) is 0 Å². The van der Waals surface area contributed by atoms with Crippen molar-refractivity contribution in [1.29, 1.82) is 0 Å². The van der Waals surface area contributed by atoms with Crippen molar-refractivity contribution in [3.05, 3.63) is 60.6 Å². The third kappa shape index (κ3) is 4.06. The van der Waals surface area contributed by atoms with Crippen LogP contribution >= 0.6 is 0 Å². The van der Waals surface area contributed by atoms with Gasteiger partial charge in [-0.25, -0.2) is 15.8 Å². The topological polar surface area (TPSA) is 78.8 Å². The maximum absolute atomic E-state index is 4.72. The number of imidazole rings is 1. The first-order valence-electron chi connectivity index (χ1n) is 9.42. The van der Waals surface area contributed by atoms with Crippen LogP contribution in [-0.4, -0.2) is 20.7 Å². The summed E-state index contributed by atoms with van der Waals surface area (Å²) in [5, 5.41) is 0. The molecule has 0 atom stereocenters. The Kier molecular flexibility index (Phi) is 5.55. The fourth-order valence-electron chi connectivity index (χ4n) is 3.29. The molecule has 0 unspecified atom stereocenters. The lowest BCUT2D eigenvalue weighted by atomic mass is 10.1. The average molecular weight is 363 g/mol. The molecule has 1 saturated heterocycles. The molecule has 0 aliphatic carbocycles. The summed E-state index contributed by atoms with van der Waals surface area (Å²) in [5.41, 5.74) is 17.3. The number of pyridine rings is 1. The van der Waals surface area contributed by atoms with Gasteiger partial charge in [-0.15, -0.1) is 0 Å². The Hall–Kier alpha value is -2.58. The Morgan fingerprint density at radius 1 is 1.00 bits per heavy atom. The lowest BCUT2D eigenvalue weighted by Gasteiger charge is -2.12. The van der Waals surface area contributed by atoms with Gasteiger partial charge in [-0.1, -0.05) is 43.3 Å². The highest BCUT2D eigenvalue weighted by Crippen LogP contribution is 2.30. The standard InChI is InChI=1S/C20H25N7/c1-2-15-10-11-17(21-13-15)20-19(16-7-4-3-5-8-16)22-14-27(20)12-6-9-18-23-25-26-24-18/h3-5,7-8,10-11,13-14,18,23-26H,2,6,9,12H2,1H3. The zero-order valence-corrected chi connectivity index (χ0v) is 15.4. The van der Waals surface area contributed by atoms with Crippen LogP contribution in [0.25, 0.3) is 22.6 Å². The van der Waals surface area contributed by atoms with Gasteiger partial charge in [0.25, 0.3) is 0 Å². The number of aromatic nitrogens is 3. The maximum Gasteiger partial charge on any atom is 0.0979 e. The zero-order valence-electron chi connectivity index (χ0n) is 15.4. The Bertz CT molecular complexity index is 852. The molecule has 0 spiro atoms. The second-order valence-electron chi connectivity index (χ2n) is 6.64. The summed E-state index contributed by atoms with van der Waals surface area (Å²) in [4.78, 5) is 9.44. The van der Waals surface area contributed by atoms with E-state index in [1.54, 1.807) is 0 Å². The summed E-state index contributed by atoms with van der Waals surface area (Å²) in [7, 11) is 0. The molecule has 0 bridgehead atoms. The van der Waals surface area contributed by atoms with Crippen molar-refractivity contribution < 1.29 is 0 Å². The predicted octanol–water partition coefficient (Wildman–Crippen LogP) is 2.40. The molecule has 4 rings (SSSR count). The molecule has 1 aromatic carbocycles. The lowest BCUT2D eigenvalue weighted by Crippen LogP contribution is -2.33. The van der Waals surface area contributed by atoms with Gasteiger partial charge >= 0.3 is 0 Å². The molecule has 1 aliphatic rings. The van der Waals surface area contributed by atoms with Gasteiger partial charge in [0.1, 0.15) is 0 Å². The third-order valence-electron chi connectivity index (χ3n) is 4.81. The van der Waals surface area contributed by atoms with Crippen molar-refractivity contribution in [1.82, 2.24) is 36.5 Å². The van der Waals surface area contributed by atoms with E-state index in [4.69, 9.17) is 9.97 Å². The molecule has 27 heavy (non-hydrogen) atoms. The number of hydrogen-bond donors (Lipinski definition) is 4. The van der Waals surface area contributed by atoms with E-state index < -0.39 is 0 Å². The summed E-state index contributed by atoms with van der Waals surface area (Å²) in [5.74, 6) is 0. The van der Waals surface area contributed by atoms with Crippen LogP contribution in [0.4, 0.5) is 0 Å². The molecule has 3 aromatic rings. The summed E-state index contributed by atoms with van der Waals surface area (Å²) < 4.78 is 2.21. The molecule has 7 heteroatoms. The predicted molar refractivity (Wildman–Crippen MR) is 106 cm³/mol. The van der Waals surface area contributed by atoms with Gasteiger partial charge in [-0.05, 0) is 30.9 Å². The monoisotopic (exact) mass is 363 g/mol. The Labute approximate surface area is 159 Å². The molecule has 1 aliphatic heterocycles. The van der Waals surface area contributed by atoms with Gasteiger partial charge in [-0.3, -0.25) is 4.98 Å². The molecule has 0 saturated carbocycles.